The van der Waals surface area contributed by atoms with Crippen molar-refractivity contribution in [2.24, 2.45) is 0 Å². The molecule has 15 heteroatoms. The summed E-state index contributed by atoms with van der Waals surface area (Å²) in [6.45, 7) is -0.168. The standard InChI is InChI=1S/C33H36ClN5O8S/c34-19-6-5-7-21(14-19)47-17-29(41)37-24-9-3-4-13-35-28(40)12-11-25(33(45)46)38-31(43)26-15-20(16-39(26)32(24)44)36-30(42)23-18-48-27-10-2-1-8-22(23)27/h1-2,5-8,10,14,18,20,24-26H,3-4,9,11-13,15-17H2,(H,35,40)(H,36,42)(H,37,41)(H,38,43)(H,45,46)/t20-,24+,25+,26+/m1/s1. The molecule has 2 aliphatic heterocycles. The molecule has 3 aromatic rings. The Morgan fingerprint density at radius 1 is 1.04 bits per heavy atom. The van der Waals surface area contributed by atoms with Gasteiger partial charge in [-0.3, -0.25) is 24.0 Å². The first kappa shape index (κ1) is 34.6. The lowest BCUT2D eigenvalue weighted by atomic mass is 10.1. The first-order valence-corrected chi connectivity index (χ1v) is 16.9. The topological polar surface area (TPSA) is 183 Å². The number of carbonyl (C=O) groups excluding carboxylic acids is 5. The van der Waals surface area contributed by atoms with Gasteiger partial charge in [0.2, 0.25) is 17.7 Å². The van der Waals surface area contributed by atoms with Crippen LogP contribution in [0.3, 0.4) is 0 Å². The average molecular weight is 698 g/mol. The van der Waals surface area contributed by atoms with Crippen LogP contribution in [0.15, 0.2) is 53.9 Å². The molecule has 1 aromatic heterocycles. The van der Waals surface area contributed by atoms with Crippen molar-refractivity contribution in [1.29, 1.82) is 0 Å². The van der Waals surface area contributed by atoms with Crippen molar-refractivity contribution in [3.63, 3.8) is 0 Å². The number of ether oxygens (including phenoxy) is 1. The number of rotatable bonds is 7. The van der Waals surface area contributed by atoms with Gasteiger partial charge in [-0.05, 0) is 56.4 Å². The molecule has 2 aromatic carbocycles. The first-order chi connectivity index (χ1) is 23.1. The lowest BCUT2D eigenvalue weighted by Crippen LogP contribution is -2.55. The molecule has 0 aliphatic carbocycles. The highest BCUT2D eigenvalue weighted by Gasteiger charge is 2.43. The molecule has 0 saturated carbocycles. The van der Waals surface area contributed by atoms with Crippen molar-refractivity contribution in [2.45, 2.75) is 62.7 Å². The quantitative estimate of drug-likeness (QED) is 0.249. The summed E-state index contributed by atoms with van der Waals surface area (Å²) in [4.78, 5) is 79.8. The van der Waals surface area contributed by atoms with Gasteiger partial charge in [0, 0.05) is 46.0 Å². The van der Waals surface area contributed by atoms with Gasteiger partial charge in [0.05, 0.1) is 5.56 Å². The van der Waals surface area contributed by atoms with Crippen LogP contribution in [0.5, 0.6) is 5.75 Å². The fourth-order valence-corrected chi connectivity index (χ4v) is 6.96. The molecule has 48 heavy (non-hydrogen) atoms. The van der Waals surface area contributed by atoms with Crippen molar-refractivity contribution in [3.8, 4) is 5.75 Å². The molecule has 2 aliphatic rings. The number of carboxylic acid groups (broad SMARTS) is 1. The second-order valence-corrected chi connectivity index (χ2v) is 13.1. The minimum atomic E-state index is -1.38. The van der Waals surface area contributed by atoms with Crippen molar-refractivity contribution >= 4 is 68.5 Å². The van der Waals surface area contributed by atoms with Gasteiger partial charge in [0.15, 0.2) is 6.61 Å². The number of aliphatic carboxylic acids is 1. The van der Waals surface area contributed by atoms with Gasteiger partial charge in [-0.25, -0.2) is 4.79 Å². The highest BCUT2D eigenvalue weighted by molar-refractivity contribution is 7.17. The first-order valence-electron chi connectivity index (χ1n) is 15.6. The number of thiophene rings is 1. The number of nitrogens with one attached hydrogen (secondary N) is 4. The Labute approximate surface area is 285 Å². The maximum atomic E-state index is 14.1. The Kier molecular flexibility index (Phi) is 11.5. The van der Waals surface area contributed by atoms with E-state index in [4.69, 9.17) is 16.3 Å². The Bertz CT molecular complexity index is 1700. The number of hydrogen-bond donors (Lipinski definition) is 5. The molecule has 5 N–H and O–H groups in total. The summed E-state index contributed by atoms with van der Waals surface area (Å²) in [5.74, 6) is -3.58. The zero-order valence-electron chi connectivity index (χ0n) is 25.9. The van der Waals surface area contributed by atoms with Crippen molar-refractivity contribution < 1.29 is 38.6 Å². The Morgan fingerprint density at radius 2 is 1.85 bits per heavy atom. The fraction of sp³-hybridized carbons (Fsp3) is 0.394. The molecule has 2 saturated heterocycles. The van der Waals surface area contributed by atoms with Crippen molar-refractivity contribution in [3.05, 3.63) is 64.5 Å². The molecule has 254 valence electrons. The van der Waals surface area contributed by atoms with Gasteiger partial charge in [0.1, 0.15) is 23.9 Å². The number of carbonyl (C=O) groups is 6. The van der Waals surface area contributed by atoms with Crippen LogP contribution in [-0.4, -0.2) is 89.4 Å². The fourth-order valence-electron chi connectivity index (χ4n) is 5.84. The second-order valence-electron chi connectivity index (χ2n) is 11.7. The Hall–Kier alpha value is -4.69. The van der Waals surface area contributed by atoms with Crippen molar-refractivity contribution in [2.75, 3.05) is 19.7 Å². The highest BCUT2D eigenvalue weighted by atomic mass is 35.5. The van der Waals surface area contributed by atoms with Gasteiger partial charge in [-0.2, -0.15) is 0 Å². The second kappa shape index (κ2) is 15.9. The number of carboxylic acids is 1. The SMILES string of the molecule is O=C1CC[C@@H](C(=O)O)NC(=O)[C@@H]2C[C@@H](NC(=O)c3csc4ccccc34)CN2C(=O)[C@@H](NC(=O)COc2cccc(Cl)c2)CCCCN1. The van der Waals surface area contributed by atoms with Gasteiger partial charge >= 0.3 is 5.97 Å². The number of hydrogen-bond acceptors (Lipinski definition) is 8. The van der Waals surface area contributed by atoms with E-state index in [1.165, 1.54) is 16.2 Å². The maximum absolute atomic E-state index is 14.1. The minimum Gasteiger partial charge on any atom is -0.484 e. The number of fused-ring (bicyclic) bond motifs is 2. The summed E-state index contributed by atoms with van der Waals surface area (Å²) in [5.41, 5.74) is 0.463. The van der Waals surface area contributed by atoms with E-state index < -0.39 is 54.5 Å². The molecule has 3 heterocycles. The normalized spacial score (nSPS) is 22.4. The molecule has 4 atom stereocenters. The number of benzene rings is 2. The van der Waals surface area contributed by atoms with E-state index >= 15 is 0 Å². The third-order valence-electron chi connectivity index (χ3n) is 8.26. The van der Waals surface area contributed by atoms with Crippen LogP contribution < -0.4 is 26.0 Å². The summed E-state index contributed by atoms with van der Waals surface area (Å²) >= 11 is 7.42. The molecular weight excluding hydrogens is 662 g/mol. The molecule has 5 amide bonds. The van der Waals surface area contributed by atoms with Gasteiger partial charge in [-0.15, -0.1) is 11.3 Å². The molecule has 5 rings (SSSR count). The zero-order valence-corrected chi connectivity index (χ0v) is 27.5. The minimum absolute atomic E-state index is 0.0107. The average Bonchev–Trinajstić information content (AvgIpc) is 3.69. The molecule has 0 spiro atoms. The lowest BCUT2D eigenvalue weighted by molar-refractivity contribution is -0.145. The summed E-state index contributed by atoms with van der Waals surface area (Å²) in [6.07, 6.45) is 0.864. The molecule has 0 radical (unpaired) electrons. The highest BCUT2D eigenvalue weighted by Crippen LogP contribution is 2.27. The third-order valence-corrected chi connectivity index (χ3v) is 9.46. The smallest absolute Gasteiger partial charge is 0.326 e. The summed E-state index contributed by atoms with van der Waals surface area (Å²) in [5, 5.41) is 23.6. The largest absolute Gasteiger partial charge is 0.484 e. The summed E-state index contributed by atoms with van der Waals surface area (Å²) in [7, 11) is 0. The van der Waals surface area contributed by atoms with Gasteiger partial charge in [0.25, 0.3) is 11.8 Å². The van der Waals surface area contributed by atoms with E-state index in [0.29, 0.717) is 29.2 Å². The third kappa shape index (κ3) is 8.81. The number of halogens is 1. The van der Waals surface area contributed by atoms with E-state index in [-0.39, 0.29) is 50.6 Å². The molecular formula is C33H36ClN5O8S. The van der Waals surface area contributed by atoms with Crippen LogP contribution in [0.1, 0.15) is 48.9 Å². The van der Waals surface area contributed by atoms with E-state index in [2.05, 4.69) is 21.3 Å². The van der Waals surface area contributed by atoms with E-state index in [1.54, 1.807) is 29.6 Å². The van der Waals surface area contributed by atoms with E-state index in [1.807, 2.05) is 24.3 Å². The van der Waals surface area contributed by atoms with Crippen LogP contribution in [0.25, 0.3) is 10.1 Å². The molecule has 0 bridgehead atoms. The number of nitrogens with zero attached hydrogens (tertiary/aromatic N) is 1. The van der Waals surface area contributed by atoms with Gasteiger partial charge < -0.3 is 36.0 Å². The predicted octanol–water partition coefficient (Wildman–Crippen LogP) is 2.47. The summed E-state index contributed by atoms with van der Waals surface area (Å²) in [6, 6.07) is 9.72. The number of amides is 5. The van der Waals surface area contributed by atoms with Crippen LogP contribution in [-0.2, 0) is 24.0 Å². The van der Waals surface area contributed by atoms with E-state index in [0.717, 1.165) is 10.1 Å². The predicted molar refractivity (Wildman–Crippen MR) is 178 cm³/mol. The van der Waals surface area contributed by atoms with Crippen LogP contribution in [0.4, 0.5) is 0 Å². The van der Waals surface area contributed by atoms with Gasteiger partial charge in [-0.1, -0.05) is 35.9 Å². The molecule has 0 unspecified atom stereocenters. The Balaban J connectivity index is 1.37. The maximum Gasteiger partial charge on any atom is 0.326 e. The van der Waals surface area contributed by atoms with Crippen molar-refractivity contribution in [1.82, 2.24) is 26.2 Å². The monoisotopic (exact) mass is 697 g/mol. The van der Waals surface area contributed by atoms with E-state index in [9.17, 15) is 33.9 Å². The van der Waals surface area contributed by atoms with Crippen LogP contribution >= 0.6 is 22.9 Å². The zero-order chi connectivity index (χ0) is 34.2. The summed E-state index contributed by atoms with van der Waals surface area (Å²) < 4.78 is 6.48. The Morgan fingerprint density at radius 3 is 2.65 bits per heavy atom. The van der Waals surface area contributed by atoms with Crippen LogP contribution in [0.2, 0.25) is 5.02 Å². The van der Waals surface area contributed by atoms with Crippen LogP contribution in [0, 0.1) is 0 Å². The molecule has 13 nitrogen and oxygen atoms in total. The lowest BCUT2D eigenvalue weighted by Gasteiger charge is -2.29. The molecule has 2 fully saturated rings.